The van der Waals surface area contributed by atoms with E-state index in [2.05, 4.69) is 35.0 Å². The van der Waals surface area contributed by atoms with Gasteiger partial charge in [-0.05, 0) is 24.8 Å². The average Bonchev–Trinajstić information content (AvgIpc) is 2.41. The molecule has 0 saturated carbocycles. The number of nitrogens with zero attached hydrogens (tertiary/aromatic N) is 1. The molecule has 1 aromatic rings. The molecular formula is C15H20BrNO. The second-order valence-electron chi connectivity index (χ2n) is 4.90. The van der Waals surface area contributed by atoms with Crippen LogP contribution in [0.25, 0.3) is 0 Å². The number of hydrogen-bond donors (Lipinski definition) is 0. The third-order valence-electron chi connectivity index (χ3n) is 3.58. The van der Waals surface area contributed by atoms with Crippen molar-refractivity contribution in [3.8, 4) is 0 Å². The van der Waals surface area contributed by atoms with Crippen LogP contribution in [0.1, 0.15) is 37.7 Å². The van der Waals surface area contributed by atoms with Gasteiger partial charge < -0.3 is 4.90 Å². The molecule has 3 heteroatoms. The van der Waals surface area contributed by atoms with Gasteiger partial charge in [-0.15, -0.1) is 0 Å². The monoisotopic (exact) mass is 309 g/mol. The van der Waals surface area contributed by atoms with Crippen LogP contribution in [0.2, 0.25) is 0 Å². The Morgan fingerprint density at radius 3 is 2.78 bits per heavy atom. The standard InChI is InChI=1S/C15H20BrNO/c1-2-14(12-7-4-3-5-8-12)15(18)17-10-6-9-13(16)11-17/h3-5,7-8,13-14H,2,6,9-11H2,1H3. The molecule has 1 amide bonds. The number of benzene rings is 1. The molecule has 2 atom stereocenters. The van der Waals surface area contributed by atoms with Crippen molar-refractivity contribution in [2.75, 3.05) is 13.1 Å². The molecule has 0 aliphatic carbocycles. The van der Waals surface area contributed by atoms with Gasteiger partial charge >= 0.3 is 0 Å². The van der Waals surface area contributed by atoms with E-state index < -0.39 is 0 Å². The Labute approximate surface area is 117 Å². The van der Waals surface area contributed by atoms with Crippen LogP contribution >= 0.6 is 15.9 Å². The van der Waals surface area contributed by atoms with Crippen LogP contribution in [0.5, 0.6) is 0 Å². The van der Waals surface area contributed by atoms with E-state index in [0.29, 0.717) is 4.83 Å². The molecule has 2 rings (SSSR count). The Kier molecular flexibility index (Phi) is 4.81. The van der Waals surface area contributed by atoms with E-state index in [9.17, 15) is 4.79 Å². The first-order chi connectivity index (χ1) is 8.72. The number of alkyl halides is 1. The summed E-state index contributed by atoms with van der Waals surface area (Å²) in [4.78, 5) is 15.1. The van der Waals surface area contributed by atoms with Gasteiger partial charge in [0.1, 0.15) is 0 Å². The molecule has 18 heavy (non-hydrogen) atoms. The van der Waals surface area contributed by atoms with Crippen molar-refractivity contribution in [1.29, 1.82) is 0 Å². The van der Waals surface area contributed by atoms with Crippen LogP contribution in [0, 0.1) is 0 Å². The topological polar surface area (TPSA) is 20.3 Å². The maximum absolute atomic E-state index is 12.6. The fraction of sp³-hybridized carbons (Fsp3) is 0.533. The van der Waals surface area contributed by atoms with Crippen LogP contribution in [0.3, 0.4) is 0 Å². The number of amides is 1. The highest BCUT2D eigenvalue weighted by atomic mass is 79.9. The second kappa shape index (κ2) is 6.37. The summed E-state index contributed by atoms with van der Waals surface area (Å²) in [5.74, 6) is 0.303. The summed E-state index contributed by atoms with van der Waals surface area (Å²) in [6.07, 6.45) is 3.14. The van der Waals surface area contributed by atoms with Gasteiger partial charge in [0, 0.05) is 17.9 Å². The zero-order chi connectivity index (χ0) is 13.0. The summed E-state index contributed by atoms with van der Waals surface area (Å²) >= 11 is 3.63. The second-order valence-corrected chi connectivity index (χ2v) is 6.19. The van der Waals surface area contributed by atoms with Crippen molar-refractivity contribution in [3.63, 3.8) is 0 Å². The fourth-order valence-corrected chi connectivity index (χ4v) is 3.26. The molecule has 0 bridgehead atoms. The number of likely N-dealkylation sites (tertiary alicyclic amines) is 1. The van der Waals surface area contributed by atoms with Crippen LogP contribution in [-0.2, 0) is 4.79 Å². The first-order valence-corrected chi connectivity index (χ1v) is 7.61. The lowest BCUT2D eigenvalue weighted by atomic mass is 9.94. The normalized spacial score (nSPS) is 21.7. The Morgan fingerprint density at radius 2 is 2.17 bits per heavy atom. The summed E-state index contributed by atoms with van der Waals surface area (Å²) in [7, 11) is 0. The third-order valence-corrected chi connectivity index (χ3v) is 4.33. The summed E-state index contributed by atoms with van der Waals surface area (Å²) in [6.45, 7) is 3.84. The van der Waals surface area contributed by atoms with Crippen molar-refractivity contribution in [2.45, 2.75) is 36.9 Å². The minimum absolute atomic E-state index is 0.0176. The molecule has 1 aliphatic rings. The van der Waals surface area contributed by atoms with Crippen LogP contribution in [-0.4, -0.2) is 28.7 Å². The molecule has 0 radical (unpaired) electrons. The maximum Gasteiger partial charge on any atom is 0.230 e. The highest BCUT2D eigenvalue weighted by Gasteiger charge is 2.27. The van der Waals surface area contributed by atoms with Gasteiger partial charge in [-0.1, -0.05) is 53.2 Å². The zero-order valence-corrected chi connectivity index (χ0v) is 12.4. The number of rotatable bonds is 3. The first kappa shape index (κ1) is 13.6. The molecule has 1 aromatic carbocycles. The summed E-state index contributed by atoms with van der Waals surface area (Å²) in [5.41, 5.74) is 1.14. The van der Waals surface area contributed by atoms with Crippen LogP contribution in [0.4, 0.5) is 0 Å². The van der Waals surface area contributed by atoms with Gasteiger partial charge in [0.05, 0.1) is 5.92 Å². The van der Waals surface area contributed by atoms with Gasteiger partial charge in [0.25, 0.3) is 0 Å². The summed E-state index contributed by atoms with van der Waals surface area (Å²) in [6, 6.07) is 10.1. The summed E-state index contributed by atoms with van der Waals surface area (Å²) in [5, 5.41) is 0. The molecule has 2 unspecified atom stereocenters. The van der Waals surface area contributed by atoms with Crippen molar-refractivity contribution in [2.24, 2.45) is 0 Å². The highest BCUT2D eigenvalue weighted by Crippen LogP contribution is 2.25. The smallest absolute Gasteiger partial charge is 0.230 e. The molecule has 1 aliphatic heterocycles. The first-order valence-electron chi connectivity index (χ1n) is 6.70. The van der Waals surface area contributed by atoms with E-state index in [1.165, 1.54) is 6.42 Å². The van der Waals surface area contributed by atoms with Crippen molar-refractivity contribution in [3.05, 3.63) is 35.9 Å². The van der Waals surface area contributed by atoms with E-state index in [1.807, 2.05) is 23.1 Å². The zero-order valence-electron chi connectivity index (χ0n) is 10.8. The van der Waals surface area contributed by atoms with E-state index in [1.54, 1.807) is 0 Å². The van der Waals surface area contributed by atoms with Crippen molar-refractivity contribution < 1.29 is 4.79 Å². The highest BCUT2D eigenvalue weighted by molar-refractivity contribution is 9.09. The molecular weight excluding hydrogens is 290 g/mol. The lowest BCUT2D eigenvalue weighted by molar-refractivity contribution is -0.133. The molecule has 1 heterocycles. The van der Waals surface area contributed by atoms with Gasteiger partial charge in [-0.3, -0.25) is 4.79 Å². The lowest BCUT2D eigenvalue weighted by Crippen LogP contribution is -2.42. The Bertz CT molecular complexity index is 393. The van der Waals surface area contributed by atoms with Crippen LogP contribution < -0.4 is 0 Å². The van der Waals surface area contributed by atoms with Crippen LogP contribution in [0.15, 0.2) is 30.3 Å². The van der Waals surface area contributed by atoms with E-state index in [4.69, 9.17) is 0 Å². The average molecular weight is 310 g/mol. The van der Waals surface area contributed by atoms with Gasteiger partial charge in [-0.2, -0.15) is 0 Å². The van der Waals surface area contributed by atoms with Gasteiger partial charge in [0.15, 0.2) is 0 Å². The van der Waals surface area contributed by atoms with E-state index in [0.717, 1.165) is 31.5 Å². The van der Waals surface area contributed by atoms with Crippen molar-refractivity contribution in [1.82, 2.24) is 4.90 Å². The molecule has 0 N–H and O–H groups in total. The van der Waals surface area contributed by atoms with Gasteiger partial charge in [-0.25, -0.2) is 0 Å². The fourth-order valence-electron chi connectivity index (χ4n) is 2.58. The number of carbonyl (C=O) groups is 1. The predicted octanol–water partition coefficient (Wildman–Crippen LogP) is 3.57. The SMILES string of the molecule is CCC(C(=O)N1CCCC(Br)C1)c1ccccc1. The molecule has 1 fully saturated rings. The molecule has 2 nitrogen and oxygen atoms in total. The Balaban J connectivity index is 2.10. The number of carbonyl (C=O) groups excluding carboxylic acids is 1. The van der Waals surface area contributed by atoms with E-state index in [-0.39, 0.29) is 11.8 Å². The summed E-state index contributed by atoms with van der Waals surface area (Å²) < 4.78 is 0. The number of piperidine rings is 1. The third kappa shape index (κ3) is 3.14. The number of hydrogen-bond acceptors (Lipinski definition) is 1. The molecule has 0 spiro atoms. The lowest BCUT2D eigenvalue weighted by Gasteiger charge is -2.32. The van der Waals surface area contributed by atoms with E-state index >= 15 is 0 Å². The quantitative estimate of drug-likeness (QED) is 0.782. The largest absolute Gasteiger partial charge is 0.341 e. The van der Waals surface area contributed by atoms with Crippen molar-refractivity contribution >= 4 is 21.8 Å². The minimum atomic E-state index is 0.0176. The molecule has 1 saturated heterocycles. The Hall–Kier alpha value is -0.830. The Morgan fingerprint density at radius 1 is 1.44 bits per heavy atom. The minimum Gasteiger partial charge on any atom is -0.341 e. The maximum atomic E-state index is 12.6. The predicted molar refractivity (Wildman–Crippen MR) is 78.0 cm³/mol. The molecule has 98 valence electrons. The number of halogens is 1. The van der Waals surface area contributed by atoms with Gasteiger partial charge in [0.2, 0.25) is 5.91 Å². The molecule has 0 aromatic heterocycles.